The number of hydrogen-bond donors (Lipinski definition) is 2. The van der Waals surface area contributed by atoms with Gasteiger partial charge in [0.1, 0.15) is 16.9 Å². The van der Waals surface area contributed by atoms with Gasteiger partial charge in [0.2, 0.25) is 0 Å². The Balaban J connectivity index is 1.51. The van der Waals surface area contributed by atoms with E-state index < -0.39 is 17.6 Å². The molecule has 3 aromatic rings. The van der Waals surface area contributed by atoms with Gasteiger partial charge in [-0.05, 0) is 51.0 Å². The number of esters is 1. The number of rotatable bonds is 6. The zero-order chi connectivity index (χ0) is 24.6. The summed E-state index contributed by atoms with van der Waals surface area (Å²) in [6.45, 7) is 7.46. The van der Waals surface area contributed by atoms with Gasteiger partial charge in [-0.3, -0.25) is 4.79 Å². The van der Waals surface area contributed by atoms with Gasteiger partial charge >= 0.3 is 5.97 Å². The molecular weight excluding hydrogens is 432 g/mol. The smallest absolute Gasteiger partial charge is 0.335 e. The number of aryl methyl sites for hydroxylation is 2. The second-order valence-corrected chi connectivity index (χ2v) is 9.33. The molecule has 2 aromatic heterocycles. The minimum Gasteiger partial charge on any atom is -0.458 e. The van der Waals surface area contributed by atoms with Gasteiger partial charge in [0.25, 0.3) is 5.91 Å². The van der Waals surface area contributed by atoms with Crippen molar-refractivity contribution in [3.05, 3.63) is 59.8 Å². The summed E-state index contributed by atoms with van der Waals surface area (Å²) < 4.78 is 7.35. The number of benzene rings is 1. The molecule has 2 N–H and O–H groups in total. The van der Waals surface area contributed by atoms with Crippen LogP contribution in [0.15, 0.2) is 48.7 Å². The van der Waals surface area contributed by atoms with Gasteiger partial charge < -0.3 is 24.8 Å². The Kier molecular flexibility index (Phi) is 6.03. The van der Waals surface area contributed by atoms with E-state index in [0.29, 0.717) is 11.3 Å². The fourth-order valence-electron chi connectivity index (χ4n) is 3.78. The predicted octanol–water partition coefficient (Wildman–Crippen LogP) is 3.18. The number of carbonyl (C=O) groups is 2. The first-order valence-electron chi connectivity index (χ1n) is 11.2. The molecule has 1 aliphatic rings. The molecule has 3 heterocycles. The number of aromatic nitrogens is 3. The zero-order valence-electron chi connectivity index (χ0n) is 20.3. The summed E-state index contributed by atoms with van der Waals surface area (Å²) in [5.41, 5.74) is 4.21. The predicted molar refractivity (Wildman–Crippen MR) is 131 cm³/mol. The van der Waals surface area contributed by atoms with Crippen LogP contribution in [0, 0.1) is 0 Å². The Morgan fingerprint density at radius 2 is 2.00 bits per heavy atom. The molecule has 1 amide bonds. The fourth-order valence-corrected chi connectivity index (χ4v) is 3.78. The highest BCUT2D eigenvalue weighted by atomic mass is 16.6. The minimum absolute atomic E-state index is 0.278. The van der Waals surface area contributed by atoms with E-state index in [2.05, 4.69) is 20.6 Å². The lowest BCUT2D eigenvalue weighted by Crippen LogP contribution is -2.51. The maximum absolute atomic E-state index is 12.9. The molecule has 0 aliphatic carbocycles. The molecule has 9 heteroatoms. The Labute approximate surface area is 198 Å². The first kappa shape index (κ1) is 23.3. The van der Waals surface area contributed by atoms with E-state index in [-0.39, 0.29) is 5.91 Å². The van der Waals surface area contributed by atoms with Crippen LogP contribution in [0.3, 0.4) is 0 Å². The van der Waals surface area contributed by atoms with Crippen molar-refractivity contribution in [1.82, 2.24) is 25.2 Å². The number of hydrogen-bond acceptors (Lipinski definition) is 7. The number of ether oxygens (including phenoxy) is 1. The van der Waals surface area contributed by atoms with Crippen molar-refractivity contribution in [2.75, 3.05) is 11.9 Å². The minimum atomic E-state index is -0.674. The molecule has 1 atom stereocenters. The molecule has 0 fully saturated rings. The third kappa shape index (κ3) is 4.59. The van der Waals surface area contributed by atoms with E-state index in [1.807, 2.05) is 48.7 Å². The summed E-state index contributed by atoms with van der Waals surface area (Å²) in [5.74, 6) is 0.0861. The first-order valence-corrected chi connectivity index (χ1v) is 11.2. The highest BCUT2D eigenvalue weighted by Crippen LogP contribution is 2.29. The van der Waals surface area contributed by atoms with Gasteiger partial charge in [-0.1, -0.05) is 6.92 Å². The fraction of sp³-hybridized carbons (Fsp3) is 0.360. The van der Waals surface area contributed by atoms with Crippen molar-refractivity contribution in [3.63, 3.8) is 0 Å². The molecule has 178 valence electrons. The molecule has 0 saturated heterocycles. The monoisotopic (exact) mass is 462 g/mol. The summed E-state index contributed by atoms with van der Waals surface area (Å²) in [7, 11) is 3.90. The van der Waals surface area contributed by atoms with Crippen LogP contribution >= 0.6 is 0 Å². The highest BCUT2D eigenvalue weighted by molar-refractivity contribution is 5.97. The van der Waals surface area contributed by atoms with Crippen molar-refractivity contribution in [2.45, 2.75) is 45.8 Å². The quantitative estimate of drug-likeness (QED) is 0.543. The maximum Gasteiger partial charge on any atom is 0.335 e. The third-order valence-electron chi connectivity index (χ3n) is 5.64. The Bertz CT molecular complexity index is 1290. The maximum atomic E-state index is 12.9. The molecule has 0 saturated carbocycles. The molecule has 1 aliphatic heterocycles. The Morgan fingerprint density at radius 3 is 2.65 bits per heavy atom. The van der Waals surface area contributed by atoms with Gasteiger partial charge in [-0.25, -0.2) is 14.8 Å². The second kappa shape index (κ2) is 8.81. The first-order chi connectivity index (χ1) is 16.1. The SMILES string of the molecule is CCc1cc(C(=O)NC2=CNC2C(=O)OC(C)(C)C)ccc1N(C)c1cc2c(cn1)ncn2C. The summed E-state index contributed by atoms with van der Waals surface area (Å²) in [6, 6.07) is 6.89. The molecule has 4 rings (SSSR count). The van der Waals surface area contributed by atoms with Crippen LogP contribution in [0.4, 0.5) is 11.5 Å². The van der Waals surface area contributed by atoms with Crippen LogP contribution < -0.4 is 15.5 Å². The van der Waals surface area contributed by atoms with Crippen LogP contribution in [0.2, 0.25) is 0 Å². The van der Waals surface area contributed by atoms with Crippen molar-refractivity contribution in [3.8, 4) is 0 Å². The van der Waals surface area contributed by atoms with Gasteiger partial charge in [0.05, 0.1) is 23.7 Å². The third-order valence-corrected chi connectivity index (χ3v) is 5.64. The molecule has 0 radical (unpaired) electrons. The standard InChI is InChI=1S/C25H30N6O3/c1-7-15-10-16(23(32)29-18-13-27-22(18)24(33)34-25(2,3)4)8-9-19(15)31(6)21-11-20-17(12-26-21)28-14-30(20)5/h8-14,22,27H,7H2,1-6H3,(H,29,32). The van der Waals surface area contributed by atoms with Gasteiger partial charge in [-0.2, -0.15) is 0 Å². The van der Waals surface area contributed by atoms with E-state index >= 15 is 0 Å². The van der Waals surface area contributed by atoms with E-state index in [9.17, 15) is 9.59 Å². The number of pyridine rings is 1. The lowest BCUT2D eigenvalue weighted by Gasteiger charge is -2.30. The normalized spacial score (nSPS) is 15.2. The van der Waals surface area contributed by atoms with Crippen molar-refractivity contribution < 1.29 is 14.3 Å². The average Bonchev–Trinajstić information content (AvgIpc) is 3.14. The number of amides is 1. The van der Waals surface area contributed by atoms with Gasteiger partial charge in [0.15, 0.2) is 6.04 Å². The van der Waals surface area contributed by atoms with Crippen molar-refractivity contribution >= 4 is 34.4 Å². The highest BCUT2D eigenvalue weighted by Gasteiger charge is 2.33. The van der Waals surface area contributed by atoms with E-state index in [1.165, 1.54) is 0 Å². The summed E-state index contributed by atoms with van der Waals surface area (Å²) >= 11 is 0. The number of imidazole rings is 1. The van der Waals surface area contributed by atoms with E-state index in [4.69, 9.17) is 4.74 Å². The number of fused-ring (bicyclic) bond motifs is 1. The van der Waals surface area contributed by atoms with E-state index in [1.54, 1.807) is 45.6 Å². The van der Waals surface area contributed by atoms with Crippen molar-refractivity contribution in [2.24, 2.45) is 7.05 Å². The topological polar surface area (TPSA) is 101 Å². The summed E-state index contributed by atoms with van der Waals surface area (Å²) in [5, 5.41) is 5.71. The average molecular weight is 463 g/mol. The van der Waals surface area contributed by atoms with Crippen LogP contribution in [-0.4, -0.2) is 45.1 Å². The van der Waals surface area contributed by atoms with Crippen LogP contribution in [0.25, 0.3) is 11.0 Å². The van der Waals surface area contributed by atoms with Crippen LogP contribution in [0.5, 0.6) is 0 Å². The largest absolute Gasteiger partial charge is 0.458 e. The van der Waals surface area contributed by atoms with Gasteiger partial charge in [-0.15, -0.1) is 0 Å². The molecule has 0 spiro atoms. The molecule has 34 heavy (non-hydrogen) atoms. The van der Waals surface area contributed by atoms with Gasteiger partial charge in [0, 0.05) is 37.6 Å². The lowest BCUT2D eigenvalue weighted by atomic mass is 10.0. The summed E-state index contributed by atoms with van der Waals surface area (Å²) in [6.07, 6.45) is 5.87. The lowest BCUT2D eigenvalue weighted by molar-refractivity contribution is -0.156. The Hall–Kier alpha value is -3.88. The van der Waals surface area contributed by atoms with E-state index in [0.717, 1.165) is 34.5 Å². The van der Waals surface area contributed by atoms with Crippen molar-refractivity contribution in [1.29, 1.82) is 0 Å². The zero-order valence-corrected chi connectivity index (χ0v) is 20.3. The molecule has 1 unspecified atom stereocenters. The summed E-state index contributed by atoms with van der Waals surface area (Å²) in [4.78, 5) is 36.1. The van der Waals surface area contributed by atoms with Crippen LogP contribution in [0.1, 0.15) is 43.6 Å². The molecule has 0 bridgehead atoms. The molecule has 1 aromatic carbocycles. The molecular formula is C25H30N6O3. The number of nitrogens with zero attached hydrogens (tertiary/aromatic N) is 4. The number of carbonyl (C=O) groups excluding carboxylic acids is 2. The number of nitrogens with one attached hydrogen (secondary N) is 2. The number of anilines is 2. The molecule has 9 nitrogen and oxygen atoms in total. The van der Waals surface area contributed by atoms with Crippen LogP contribution in [-0.2, 0) is 23.0 Å². The Morgan fingerprint density at radius 1 is 1.24 bits per heavy atom. The second-order valence-electron chi connectivity index (χ2n) is 9.33.